The number of pyridine rings is 1. The Morgan fingerprint density at radius 3 is 2.68 bits per heavy atom. The maximum absolute atomic E-state index is 13.7. The van der Waals surface area contributed by atoms with Gasteiger partial charge in [-0.2, -0.15) is 0 Å². The summed E-state index contributed by atoms with van der Waals surface area (Å²) in [5.41, 5.74) is 3.26. The summed E-state index contributed by atoms with van der Waals surface area (Å²) >= 11 is 1.36. The maximum Gasteiger partial charge on any atom is 0.350 e. The molecule has 2 aliphatic rings. The Labute approximate surface area is 227 Å². The average molecular weight is 535 g/mol. The lowest BCUT2D eigenvalue weighted by Crippen LogP contribution is -2.40. The highest BCUT2D eigenvalue weighted by Gasteiger charge is 2.32. The highest BCUT2D eigenvalue weighted by Crippen LogP contribution is 2.40. The van der Waals surface area contributed by atoms with Gasteiger partial charge in [0, 0.05) is 42.6 Å². The van der Waals surface area contributed by atoms with Crippen molar-refractivity contribution in [2.75, 3.05) is 32.3 Å². The van der Waals surface area contributed by atoms with Crippen molar-refractivity contribution in [1.82, 2.24) is 4.98 Å². The first kappa shape index (κ1) is 26.4. The van der Waals surface area contributed by atoms with Gasteiger partial charge < -0.3 is 18.8 Å². The SMILES string of the molecule is COCCN(c1cc(C2=CCC(c3cc4ncccc4o3)C=C2)sc1C(=O)OC)C(=O)[C@H]1CC[C@H](C)CC1. The summed E-state index contributed by atoms with van der Waals surface area (Å²) < 4.78 is 16.5. The van der Waals surface area contributed by atoms with Crippen LogP contribution in [0.15, 0.2) is 53.1 Å². The minimum atomic E-state index is -0.434. The summed E-state index contributed by atoms with van der Waals surface area (Å²) in [5.74, 6) is 1.23. The summed E-state index contributed by atoms with van der Waals surface area (Å²) in [4.78, 5) is 34.0. The van der Waals surface area contributed by atoms with Gasteiger partial charge in [0.2, 0.25) is 5.91 Å². The normalized spacial score (nSPS) is 21.3. The number of allylic oxidation sites excluding steroid dienone is 4. The van der Waals surface area contributed by atoms with E-state index in [1.54, 1.807) is 18.2 Å². The van der Waals surface area contributed by atoms with Gasteiger partial charge in [0.1, 0.15) is 16.2 Å². The van der Waals surface area contributed by atoms with Crippen LogP contribution >= 0.6 is 11.3 Å². The van der Waals surface area contributed by atoms with Gasteiger partial charge in [-0.3, -0.25) is 9.78 Å². The molecule has 2 aliphatic carbocycles. The zero-order chi connectivity index (χ0) is 26.6. The zero-order valence-electron chi connectivity index (χ0n) is 22.1. The highest BCUT2D eigenvalue weighted by atomic mass is 32.1. The third-order valence-corrected chi connectivity index (χ3v) is 8.73. The molecular weight excluding hydrogens is 500 g/mol. The van der Waals surface area contributed by atoms with E-state index in [1.165, 1.54) is 18.4 Å². The number of nitrogens with zero attached hydrogens (tertiary/aromatic N) is 2. The predicted octanol–water partition coefficient (Wildman–Crippen LogP) is 6.61. The summed E-state index contributed by atoms with van der Waals surface area (Å²) in [6, 6.07) is 7.74. The van der Waals surface area contributed by atoms with Gasteiger partial charge in [0.05, 0.1) is 19.4 Å². The van der Waals surface area contributed by atoms with Crippen molar-refractivity contribution in [3.05, 3.63) is 64.2 Å². The molecule has 0 aromatic carbocycles. The molecule has 0 spiro atoms. The molecule has 200 valence electrons. The quantitative estimate of drug-likeness (QED) is 0.303. The van der Waals surface area contributed by atoms with Crippen LogP contribution in [0.3, 0.4) is 0 Å². The smallest absolute Gasteiger partial charge is 0.350 e. The van der Waals surface area contributed by atoms with E-state index in [-0.39, 0.29) is 17.7 Å². The molecule has 3 aromatic rings. The topological polar surface area (TPSA) is 81.9 Å². The molecule has 8 heteroatoms. The van der Waals surface area contributed by atoms with E-state index in [0.717, 1.165) is 59.4 Å². The number of furan rings is 1. The Balaban J connectivity index is 1.41. The van der Waals surface area contributed by atoms with E-state index < -0.39 is 5.97 Å². The molecule has 1 atom stereocenters. The highest BCUT2D eigenvalue weighted by molar-refractivity contribution is 7.15. The number of thiophene rings is 1. The van der Waals surface area contributed by atoms with Crippen molar-refractivity contribution in [3.63, 3.8) is 0 Å². The fourth-order valence-corrected chi connectivity index (χ4v) is 6.41. The molecule has 38 heavy (non-hydrogen) atoms. The van der Waals surface area contributed by atoms with Crippen molar-refractivity contribution >= 4 is 45.6 Å². The van der Waals surface area contributed by atoms with Crippen LogP contribution in [-0.2, 0) is 14.3 Å². The second-order valence-corrected chi connectivity index (χ2v) is 11.2. The van der Waals surface area contributed by atoms with E-state index in [0.29, 0.717) is 29.6 Å². The van der Waals surface area contributed by atoms with Crippen molar-refractivity contribution < 1.29 is 23.5 Å². The number of methoxy groups -OCH3 is 2. The van der Waals surface area contributed by atoms with Crippen molar-refractivity contribution in [3.8, 4) is 0 Å². The van der Waals surface area contributed by atoms with Crippen LogP contribution in [0.2, 0.25) is 0 Å². The lowest BCUT2D eigenvalue weighted by molar-refractivity contribution is -0.123. The summed E-state index contributed by atoms with van der Waals surface area (Å²) in [6.45, 7) is 3.01. The van der Waals surface area contributed by atoms with Gasteiger partial charge in [-0.25, -0.2) is 4.79 Å². The summed E-state index contributed by atoms with van der Waals surface area (Å²) in [7, 11) is 3.00. The number of rotatable bonds is 8. The molecule has 0 saturated heterocycles. The van der Waals surface area contributed by atoms with Crippen LogP contribution in [0.25, 0.3) is 16.7 Å². The molecule has 0 radical (unpaired) electrons. The standard InChI is InChI=1S/C30H34N2O5S/c1-19-6-8-22(9-7-19)29(33)32(15-16-35-2)24-18-27(38-28(24)30(34)36-3)21-12-10-20(11-13-21)26-17-23-25(37-26)5-4-14-31-23/h4-5,10,12-14,17-20,22H,6-9,11,15-16H2,1-3H3/t19-,20?,22-. The van der Waals surface area contributed by atoms with Gasteiger partial charge in [0.15, 0.2) is 5.58 Å². The lowest BCUT2D eigenvalue weighted by atomic mass is 9.82. The van der Waals surface area contributed by atoms with Crippen LogP contribution in [0, 0.1) is 11.8 Å². The third kappa shape index (κ3) is 5.47. The van der Waals surface area contributed by atoms with E-state index in [4.69, 9.17) is 13.9 Å². The maximum atomic E-state index is 13.7. The lowest BCUT2D eigenvalue weighted by Gasteiger charge is -2.31. The van der Waals surface area contributed by atoms with Crippen molar-refractivity contribution in [1.29, 1.82) is 0 Å². The Morgan fingerprint density at radius 1 is 1.18 bits per heavy atom. The number of hydrogen-bond acceptors (Lipinski definition) is 7. The number of anilines is 1. The molecule has 1 saturated carbocycles. The van der Waals surface area contributed by atoms with Crippen molar-refractivity contribution in [2.45, 2.75) is 44.9 Å². The van der Waals surface area contributed by atoms with E-state index >= 15 is 0 Å². The Morgan fingerprint density at radius 2 is 2.00 bits per heavy atom. The predicted molar refractivity (Wildman–Crippen MR) is 149 cm³/mol. The first-order valence-electron chi connectivity index (χ1n) is 13.2. The largest absolute Gasteiger partial charge is 0.465 e. The minimum Gasteiger partial charge on any atom is -0.465 e. The monoisotopic (exact) mass is 534 g/mol. The summed E-state index contributed by atoms with van der Waals surface area (Å²) in [5, 5.41) is 0. The minimum absolute atomic E-state index is 0.0373. The Kier molecular flexibility index (Phi) is 8.09. The van der Waals surface area contributed by atoms with Gasteiger partial charge in [-0.1, -0.05) is 25.2 Å². The van der Waals surface area contributed by atoms with Gasteiger partial charge >= 0.3 is 5.97 Å². The van der Waals surface area contributed by atoms with Crippen LogP contribution in [0.4, 0.5) is 5.69 Å². The fraction of sp³-hybridized carbons (Fsp3) is 0.433. The molecule has 3 aromatic heterocycles. The first-order chi connectivity index (χ1) is 18.5. The second kappa shape index (κ2) is 11.7. The number of esters is 1. The Bertz CT molecular complexity index is 1330. The number of ether oxygens (including phenoxy) is 2. The molecule has 0 N–H and O–H groups in total. The fourth-order valence-electron chi connectivity index (χ4n) is 5.31. The van der Waals surface area contributed by atoms with Gasteiger partial charge in [-0.15, -0.1) is 11.3 Å². The molecule has 3 heterocycles. The molecule has 7 nitrogen and oxygen atoms in total. The van der Waals surface area contributed by atoms with Crippen molar-refractivity contribution in [2.24, 2.45) is 11.8 Å². The molecular formula is C30H34N2O5S. The van der Waals surface area contributed by atoms with E-state index in [2.05, 4.69) is 30.1 Å². The number of carbonyl (C=O) groups excluding carboxylic acids is 2. The number of aromatic nitrogens is 1. The van der Waals surface area contributed by atoms with Crippen LogP contribution in [0.1, 0.15) is 65.3 Å². The molecule has 1 amide bonds. The molecule has 1 unspecified atom stereocenters. The van der Waals surface area contributed by atoms with Gasteiger partial charge in [0.25, 0.3) is 0 Å². The molecule has 0 aliphatic heterocycles. The third-order valence-electron chi connectivity index (χ3n) is 7.58. The van der Waals surface area contributed by atoms with Gasteiger partial charge in [-0.05, 0) is 61.8 Å². The number of hydrogen-bond donors (Lipinski definition) is 0. The number of fused-ring (bicyclic) bond motifs is 1. The zero-order valence-corrected chi connectivity index (χ0v) is 23.0. The Hall–Kier alpha value is -3.23. The number of amides is 1. The molecule has 1 fully saturated rings. The second-order valence-electron chi connectivity index (χ2n) is 10.2. The van der Waals surface area contributed by atoms with Crippen LogP contribution in [0.5, 0.6) is 0 Å². The van der Waals surface area contributed by atoms with E-state index in [1.807, 2.05) is 24.3 Å². The average Bonchev–Trinajstić information content (AvgIpc) is 3.58. The first-order valence-corrected chi connectivity index (χ1v) is 14.1. The van der Waals surface area contributed by atoms with Crippen LogP contribution < -0.4 is 4.90 Å². The molecule has 0 bridgehead atoms. The number of carbonyl (C=O) groups is 2. The van der Waals surface area contributed by atoms with E-state index in [9.17, 15) is 9.59 Å². The van der Waals surface area contributed by atoms with Crippen LogP contribution in [-0.4, -0.2) is 44.2 Å². The summed E-state index contributed by atoms with van der Waals surface area (Å²) in [6.07, 6.45) is 12.7. The molecule has 5 rings (SSSR count).